The summed E-state index contributed by atoms with van der Waals surface area (Å²) < 4.78 is 5.57. The molecule has 1 heterocycles. The Morgan fingerprint density at radius 2 is 2.20 bits per heavy atom. The summed E-state index contributed by atoms with van der Waals surface area (Å²) in [5, 5.41) is 3.00. The summed E-state index contributed by atoms with van der Waals surface area (Å²) in [5.41, 5.74) is 7.91. The molecule has 1 aliphatic heterocycles. The minimum Gasteiger partial charge on any atom is -0.493 e. The molecule has 1 aliphatic carbocycles. The van der Waals surface area contributed by atoms with Gasteiger partial charge in [0, 0.05) is 17.6 Å². The van der Waals surface area contributed by atoms with Gasteiger partial charge in [-0.2, -0.15) is 0 Å². The van der Waals surface area contributed by atoms with Crippen molar-refractivity contribution in [2.45, 2.75) is 38.1 Å². The molecule has 1 amide bonds. The predicted octanol–water partition coefficient (Wildman–Crippen LogP) is 2.50. The van der Waals surface area contributed by atoms with Gasteiger partial charge in [-0.05, 0) is 55.9 Å². The standard InChI is InChI=1S/C15H20N2O2.ClH/c16-12-4-3-11(8-12)15(18)17-13-5-6-14-10(9-13)2-1-7-19-14;/h5-6,9,11-12H,1-4,7-8,16H2,(H,17,18);1H. The first-order valence-electron chi connectivity index (χ1n) is 7.04. The second-order valence-electron chi connectivity index (χ2n) is 5.53. The lowest BCUT2D eigenvalue weighted by atomic mass is 10.0. The number of ether oxygens (including phenoxy) is 1. The Hall–Kier alpha value is -1.26. The largest absolute Gasteiger partial charge is 0.493 e. The molecule has 4 nitrogen and oxygen atoms in total. The van der Waals surface area contributed by atoms with Crippen LogP contribution in [0.1, 0.15) is 31.2 Å². The van der Waals surface area contributed by atoms with E-state index in [0.717, 1.165) is 50.1 Å². The predicted molar refractivity (Wildman–Crippen MR) is 81.5 cm³/mol. The Kier molecular flexibility index (Phi) is 4.89. The quantitative estimate of drug-likeness (QED) is 0.881. The van der Waals surface area contributed by atoms with Gasteiger partial charge in [0.25, 0.3) is 0 Å². The lowest BCUT2D eigenvalue weighted by molar-refractivity contribution is -0.119. The van der Waals surface area contributed by atoms with Crippen molar-refractivity contribution in [1.29, 1.82) is 0 Å². The minimum atomic E-state index is 0. The Morgan fingerprint density at radius 1 is 1.35 bits per heavy atom. The number of nitrogens with one attached hydrogen (secondary N) is 1. The van der Waals surface area contributed by atoms with Gasteiger partial charge in [-0.1, -0.05) is 0 Å². The Balaban J connectivity index is 0.00000147. The first-order valence-corrected chi connectivity index (χ1v) is 7.04. The normalized spacial score (nSPS) is 24.2. The molecule has 0 aromatic heterocycles. The van der Waals surface area contributed by atoms with Crippen LogP contribution in [-0.4, -0.2) is 18.6 Å². The molecule has 5 heteroatoms. The number of carbonyl (C=O) groups is 1. The summed E-state index contributed by atoms with van der Waals surface area (Å²) in [6, 6.07) is 6.08. The lowest BCUT2D eigenvalue weighted by Gasteiger charge is -2.18. The van der Waals surface area contributed by atoms with Crippen LogP contribution < -0.4 is 15.8 Å². The van der Waals surface area contributed by atoms with Crippen molar-refractivity contribution in [2.75, 3.05) is 11.9 Å². The van der Waals surface area contributed by atoms with E-state index in [1.807, 2.05) is 18.2 Å². The number of nitrogens with two attached hydrogens (primary N) is 1. The number of benzene rings is 1. The fourth-order valence-electron chi connectivity index (χ4n) is 2.94. The SMILES string of the molecule is Cl.NC1CCC(C(=O)Nc2ccc3c(c2)CCCO3)C1. The smallest absolute Gasteiger partial charge is 0.227 e. The van der Waals surface area contributed by atoms with E-state index in [4.69, 9.17) is 10.5 Å². The zero-order valence-electron chi connectivity index (χ0n) is 11.4. The van der Waals surface area contributed by atoms with Crippen molar-refractivity contribution in [3.8, 4) is 5.75 Å². The van der Waals surface area contributed by atoms with Crippen molar-refractivity contribution in [3.63, 3.8) is 0 Å². The van der Waals surface area contributed by atoms with Gasteiger partial charge >= 0.3 is 0 Å². The van der Waals surface area contributed by atoms with Gasteiger partial charge in [0.15, 0.2) is 0 Å². The van der Waals surface area contributed by atoms with Crippen molar-refractivity contribution in [1.82, 2.24) is 0 Å². The van der Waals surface area contributed by atoms with Gasteiger partial charge in [-0.25, -0.2) is 0 Å². The molecular weight excluding hydrogens is 276 g/mol. The number of halogens is 1. The molecule has 3 rings (SSSR count). The highest BCUT2D eigenvalue weighted by Gasteiger charge is 2.27. The fraction of sp³-hybridized carbons (Fsp3) is 0.533. The second-order valence-corrected chi connectivity index (χ2v) is 5.53. The highest BCUT2D eigenvalue weighted by atomic mass is 35.5. The van der Waals surface area contributed by atoms with E-state index in [1.54, 1.807) is 0 Å². The molecule has 0 spiro atoms. The van der Waals surface area contributed by atoms with Crippen molar-refractivity contribution in [3.05, 3.63) is 23.8 Å². The maximum absolute atomic E-state index is 12.1. The Morgan fingerprint density at radius 3 is 2.95 bits per heavy atom. The number of fused-ring (bicyclic) bond motifs is 1. The van der Waals surface area contributed by atoms with Gasteiger partial charge in [-0.3, -0.25) is 4.79 Å². The number of aryl methyl sites for hydroxylation is 1. The van der Waals surface area contributed by atoms with Gasteiger partial charge in [0.05, 0.1) is 6.61 Å². The summed E-state index contributed by atoms with van der Waals surface area (Å²) in [6.45, 7) is 0.790. The van der Waals surface area contributed by atoms with Crippen LogP contribution >= 0.6 is 12.4 Å². The van der Waals surface area contributed by atoms with Crippen LogP contribution in [0.3, 0.4) is 0 Å². The fourth-order valence-corrected chi connectivity index (χ4v) is 2.94. The third-order valence-corrected chi connectivity index (χ3v) is 4.02. The molecule has 0 bridgehead atoms. The van der Waals surface area contributed by atoms with Crippen LogP contribution in [0.4, 0.5) is 5.69 Å². The minimum absolute atomic E-state index is 0. The Bertz CT molecular complexity index is 493. The summed E-state index contributed by atoms with van der Waals surface area (Å²) in [4.78, 5) is 12.1. The zero-order valence-corrected chi connectivity index (χ0v) is 12.2. The maximum atomic E-state index is 12.1. The molecule has 2 unspecified atom stereocenters. The topological polar surface area (TPSA) is 64.4 Å². The van der Waals surface area contributed by atoms with Crippen LogP contribution in [0.2, 0.25) is 0 Å². The number of carbonyl (C=O) groups excluding carboxylic acids is 1. The molecule has 2 atom stereocenters. The van der Waals surface area contributed by atoms with Gasteiger partial charge < -0.3 is 15.8 Å². The average molecular weight is 297 g/mol. The number of anilines is 1. The molecule has 20 heavy (non-hydrogen) atoms. The molecule has 1 aromatic rings. The van der Waals surface area contributed by atoms with E-state index in [1.165, 1.54) is 5.56 Å². The molecule has 1 saturated carbocycles. The van der Waals surface area contributed by atoms with Crippen molar-refractivity contribution in [2.24, 2.45) is 11.7 Å². The van der Waals surface area contributed by atoms with Crippen molar-refractivity contribution >= 4 is 24.0 Å². The van der Waals surface area contributed by atoms with Crippen molar-refractivity contribution < 1.29 is 9.53 Å². The van der Waals surface area contributed by atoms with E-state index in [2.05, 4.69) is 5.32 Å². The van der Waals surface area contributed by atoms with Crippen LogP contribution in [0.15, 0.2) is 18.2 Å². The van der Waals surface area contributed by atoms with Gasteiger partial charge in [-0.15, -0.1) is 12.4 Å². The number of rotatable bonds is 2. The van der Waals surface area contributed by atoms with E-state index in [0.29, 0.717) is 0 Å². The first kappa shape index (κ1) is 15.1. The molecule has 1 aromatic carbocycles. The molecule has 2 aliphatic rings. The molecule has 1 fully saturated rings. The van der Waals surface area contributed by atoms with Crippen LogP contribution in [0.5, 0.6) is 5.75 Å². The number of hydrogen-bond donors (Lipinski definition) is 2. The summed E-state index contributed by atoms with van der Waals surface area (Å²) in [7, 11) is 0. The van der Waals surface area contributed by atoms with Crippen LogP contribution in [-0.2, 0) is 11.2 Å². The highest BCUT2D eigenvalue weighted by Crippen LogP contribution is 2.29. The lowest BCUT2D eigenvalue weighted by Crippen LogP contribution is -2.23. The molecular formula is C15H21ClN2O2. The molecule has 3 N–H and O–H groups in total. The third kappa shape index (κ3) is 3.25. The summed E-state index contributed by atoms with van der Waals surface area (Å²) in [5.74, 6) is 1.12. The van der Waals surface area contributed by atoms with E-state index >= 15 is 0 Å². The molecule has 110 valence electrons. The number of hydrogen-bond acceptors (Lipinski definition) is 3. The molecule has 0 radical (unpaired) electrons. The maximum Gasteiger partial charge on any atom is 0.227 e. The second kappa shape index (κ2) is 6.46. The van der Waals surface area contributed by atoms with E-state index < -0.39 is 0 Å². The highest BCUT2D eigenvalue weighted by molar-refractivity contribution is 5.93. The van der Waals surface area contributed by atoms with Gasteiger partial charge in [0.1, 0.15) is 5.75 Å². The zero-order chi connectivity index (χ0) is 13.2. The van der Waals surface area contributed by atoms with Gasteiger partial charge in [0.2, 0.25) is 5.91 Å². The Labute approximate surface area is 125 Å². The first-order chi connectivity index (χ1) is 9.22. The third-order valence-electron chi connectivity index (χ3n) is 4.02. The summed E-state index contributed by atoms with van der Waals surface area (Å²) >= 11 is 0. The summed E-state index contributed by atoms with van der Waals surface area (Å²) in [6.07, 6.45) is 4.73. The van der Waals surface area contributed by atoms with Crippen LogP contribution in [0, 0.1) is 5.92 Å². The monoisotopic (exact) mass is 296 g/mol. The average Bonchev–Trinajstić information content (AvgIpc) is 2.85. The van der Waals surface area contributed by atoms with E-state index in [-0.39, 0.29) is 30.3 Å². The van der Waals surface area contributed by atoms with E-state index in [9.17, 15) is 4.79 Å². The molecule has 0 saturated heterocycles. The van der Waals surface area contributed by atoms with Crippen LogP contribution in [0.25, 0.3) is 0 Å². The number of amides is 1.